The Bertz CT molecular complexity index is 908. The maximum absolute atomic E-state index is 12.7. The van der Waals surface area contributed by atoms with Crippen LogP contribution in [0, 0.1) is 0 Å². The maximum atomic E-state index is 12.7. The molecule has 1 unspecified atom stereocenters. The minimum atomic E-state index is -0.783. The van der Waals surface area contributed by atoms with Gasteiger partial charge in [-0.2, -0.15) is 0 Å². The van der Waals surface area contributed by atoms with E-state index in [4.69, 9.17) is 31.2 Å². The van der Waals surface area contributed by atoms with E-state index in [9.17, 15) is 9.90 Å². The summed E-state index contributed by atoms with van der Waals surface area (Å²) in [5, 5.41) is 13.0. The van der Waals surface area contributed by atoms with Crippen molar-refractivity contribution in [1.29, 1.82) is 0 Å². The predicted molar refractivity (Wildman–Crippen MR) is 107 cm³/mol. The third-order valence-corrected chi connectivity index (χ3v) is 4.70. The van der Waals surface area contributed by atoms with Gasteiger partial charge in [-0.05, 0) is 42.0 Å². The first kappa shape index (κ1) is 19.6. The fourth-order valence-electron chi connectivity index (χ4n) is 3.12. The summed E-state index contributed by atoms with van der Waals surface area (Å²) in [5.74, 6) is 1.20. The Balaban J connectivity index is 2.12. The van der Waals surface area contributed by atoms with Crippen LogP contribution in [0.3, 0.4) is 0 Å². The molecule has 1 heterocycles. The Morgan fingerprint density at radius 3 is 2.07 bits per heavy atom. The number of methoxy groups -OCH3 is 4. The second-order valence-electron chi connectivity index (χ2n) is 5.88. The van der Waals surface area contributed by atoms with Crippen molar-refractivity contribution in [2.75, 3.05) is 33.3 Å². The summed E-state index contributed by atoms with van der Waals surface area (Å²) in [4.78, 5) is 14.3. The topological polar surface area (TPSA) is 89.5 Å². The molecule has 2 aromatic rings. The molecule has 1 aliphatic rings. The quantitative estimate of drug-likeness (QED) is 0.710. The van der Waals surface area contributed by atoms with Crippen LogP contribution in [0.25, 0.3) is 0 Å². The van der Waals surface area contributed by atoms with Crippen LogP contribution in [0.1, 0.15) is 11.6 Å². The number of aromatic hydroxyl groups is 1. The number of anilines is 1. The highest BCUT2D eigenvalue weighted by Crippen LogP contribution is 2.43. The van der Waals surface area contributed by atoms with Gasteiger partial charge in [-0.15, -0.1) is 0 Å². The molecule has 0 saturated carbocycles. The van der Waals surface area contributed by atoms with Crippen LogP contribution >= 0.6 is 12.2 Å². The van der Waals surface area contributed by atoms with E-state index in [-0.39, 0.29) is 16.8 Å². The molecule has 0 aromatic heterocycles. The molecule has 9 heteroatoms. The standard InChI is InChI=1S/C19H20N2O6S/c1-24-13-6-5-11(9-12(13)22)21-16(18(23)20-19(21)28)10-7-14(25-2)17(27-4)15(8-10)26-3/h5-9,16,22H,1-4H3,(H,20,23,28). The molecule has 1 amide bonds. The molecule has 0 bridgehead atoms. The summed E-state index contributed by atoms with van der Waals surface area (Å²) in [7, 11) is 5.96. The first-order chi connectivity index (χ1) is 13.4. The lowest BCUT2D eigenvalue weighted by molar-refractivity contribution is -0.119. The molecule has 28 heavy (non-hydrogen) atoms. The lowest BCUT2D eigenvalue weighted by Gasteiger charge is -2.25. The van der Waals surface area contributed by atoms with E-state index in [1.807, 2.05) is 0 Å². The molecule has 1 atom stereocenters. The van der Waals surface area contributed by atoms with Crippen molar-refractivity contribution >= 4 is 28.9 Å². The number of carbonyl (C=O) groups excluding carboxylic acids is 1. The van der Waals surface area contributed by atoms with E-state index in [0.29, 0.717) is 34.2 Å². The number of rotatable bonds is 6. The number of hydrogen-bond donors (Lipinski definition) is 2. The van der Waals surface area contributed by atoms with Gasteiger partial charge in [0, 0.05) is 11.8 Å². The van der Waals surface area contributed by atoms with E-state index >= 15 is 0 Å². The van der Waals surface area contributed by atoms with Gasteiger partial charge in [0.25, 0.3) is 5.91 Å². The minimum absolute atomic E-state index is 0.0641. The van der Waals surface area contributed by atoms with Gasteiger partial charge in [0.05, 0.1) is 28.4 Å². The van der Waals surface area contributed by atoms with Gasteiger partial charge in [-0.3, -0.25) is 4.79 Å². The van der Waals surface area contributed by atoms with Crippen LogP contribution in [-0.4, -0.2) is 44.6 Å². The molecule has 0 radical (unpaired) electrons. The molecule has 3 rings (SSSR count). The molecule has 148 valence electrons. The minimum Gasteiger partial charge on any atom is -0.504 e. The lowest BCUT2D eigenvalue weighted by atomic mass is 10.0. The Morgan fingerprint density at radius 2 is 1.57 bits per heavy atom. The number of hydrogen-bond acceptors (Lipinski definition) is 7. The molecule has 8 nitrogen and oxygen atoms in total. The Morgan fingerprint density at radius 1 is 0.964 bits per heavy atom. The number of thiocarbonyl (C=S) groups is 1. The largest absolute Gasteiger partial charge is 0.504 e. The van der Waals surface area contributed by atoms with E-state index < -0.39 is 6.04 Å². The smallest absolute Gasteiger partial charge is 0.253 e. The van der Waals surface area contributed by atoms with Crippen molar-refractivity contribution in [3.8, 4) is 28.7 Å². The summed E-state index contributed by atoms with van der Waals surface area (Å²) in [6.45, 7) is 0. The van der Waals surface area contributed by atoms with Gasteiger partial charge in [0.15, 0.2) is 28.1 Å². The maximum Gasteiger partial charge on any atom is 0.253 e. The van der Waals surface area contributed by atoms with Gasteiger partial charge in [-0.1, -0.05) is 0 Å². The fourth-order valence-corrected chi connectivity index (χ4v) is 3.43. The highest BCUT2D eigenvalue weighted by molar-refractivity contribution is 7.80. The van der Waals surface area contributed by atoms with Crippen molar-refractivity contribution in [1.82, 2.24) is 5.32 Å². The SMILES string of the molecule is COc1ccc(N2C(=S)NC(=O)C2c2cc(OC)c(OC)c(OC)c2)cc1O. The van der Waals surface area contributed by atoms with Crippen LogP contribution < -0.4 is 29.2 Å². The van der Waals surface area contributed by atoms with Gasteiger partial charge < -0.3 is 34.3 Å². The van der Waals surface area contributed by atoms with E-state index in [0.717, 1.165) is 0 Å². The summed E-state index contributed by atoms with van der Waals surface area (Å²) >= 11 is 5.35. The average molecular weight is 404 g/mol. The molecule has 2 N–H and O–H groups in total. The number of phenolic OH excluding ortho intramolecular Hbond substituents is 1. The number of nitrogens with zero attached hydrogens (tertiary/aromatic N) is 1. The Kier molecular flexibility index (Phi) is 5.46. The zero-order valence-electron chi connectivity index (χ0n) is 15.8. The van der Waals surface area contributed by atoms with Crippen LogP contribution in [0.5, 0.6) is 28.7 Å². The second-order valence-corrected chi connectivity index (χ2v) is 6.27. The molecular weight excluding hydrogens is 384 g/mol. The first-order valence-corrected chi connectivity index (χ1v) is 8.67. The molecule has 0 spiro atoms. The number of carbonyl (C=O) groups is 1. The third-order valence-electron chi connectivity index (χ3n) is 4.40. The van der Waals surface area contributed by atoms with Crippen LogP contribution in [0.2, 0.25) is 0 Å². The molecule has 1 saturated heterocycles. The molecule has 0 aliphatic carbocycles. The normalized spacial score (nSPS) is 16.0. The Labute approximate surface area is 167 Å². The van der Waals surface area contributed by atoms with Crippen molar-refractivity contribution < 1.29 is 28.8 Å². The number of benzene rings is 2. The molecule has 2 aromatic carbocycles. The van der Waals surface area contributed by atoms with Gasteiger partial charge in [0.1, 0.15) is 6.04 Å². The second kappa shape index (κ2) is 7.81. The summed E-state index contributed by atoms with van der Waals surface area (Å²) in [6, 6.07) is 7.38. The van der Waals surface area contributed by atoms with Gasteiger partial charge in [0.2, 0.25) is 5.75 Å². The number of ether oxygens (including phenoxy) is 4. The average Bonchev–Trinajstić information content (AvgIpc) is 3.00. The summed E-state index contributed by atoms with van der Waals surface area (Å²) in [5.41, 5.74) is 1.11. The number of phenols is 1. The lowest BCUT2D eigenvalue weighted by Crippen LogP contribution is -2.29. The Hall–Kier alpha value is -3.20. The zero-order chi connectivity index (χ0) is 20.4. The van der Waals surface area contributed by atoms with Crippen molar-refractivity contribution in [2.45, 2.75) is 6.04 Å². The van der Waals surface area contributed by atoms with Crippen molar-refractivity contribution in [3.05, 3.63) is 35.9 Å². The monoisotopic (exact) mass is 404 g/mol. The summed E-state index contributed by atoms with van der Waals surface area (Å²) in [6.07, 6.45) is 0. The molecule has 1 aliphatic heterocycles. The van der Waals surface area contributed by atoms with Crippen LogP contribution in [0.15, 0.2) is 30.3 Å². The molecule has 1 fully saturated rings. The van der Waals surface area contributed by atoms with Gasteiger partial charge >= 0.3 is 0 Å². The number of amides is 1. The molecular formula is C19H20N2O6S. The van der Waals surface area contributed by atoms with Gasteiger partial charge in [-0.25, -0.2) is 0 Å². The highest BCUT2D eigenvalue weighted by Gasteiger charge is 2.39. The first-order valence-electron chi connectivity index (χ1n) is 8.26. The van der Waals surface area contributed by atoms with Crippen molar-refractivity contribution in [3.63, 3.8) is 0 Å². The predicted octanol–water partition coefficient (Wildman–Crippen LogP) is 2.39. The van der Waals surface area contributed by atoms with E-state index in [1.165, 1.54) is 34.5 Å². The highest BCUT2D eigenvalue weighted by atomic mass is 32.1. The van der Waals surface area contributed by atoms with Crippen molar-refractivity contribution in [2.24, 2.45) is 0 Å². The summed E-state index contributed by atoms with van der Waals surface area (Å²) < 4.78 is 21.2. The fraction of sp³-hybridized carbons (Fsp3) is 0.263. The van der Waals surface area contributed by atoms with E-state index in [2.05, 4.69) is 5.32 Å². The van der Waals surface area contributed by atoms with Crippen LogP contribution in [0.4, 0.5) is 5.69 Å². The zero-order valence-corrected chi connectivity index (χ0v) is 16.6. The third kappa shape index (κ3) is 3.24. The van der Waals surface area contributed by atoms with E-state index in [1.54, 1.807) is 29.2 Å². The number of nitrogens with one attached hydrogen (secondary N) is 1. The van der Waals surface area contributed by atoms with Crippen LogP contribution in [-0.2, 0) is 4.79 Å².